The molecule has 1 aromatic heterocycles. The molecule has 3 rings (SSSR count). The molecule has 1 amide bonds. The summed E-state index contributed by atoms with van der Waals surface area (Å²) in [5, 5.41) is 16.9. The minimum atomic E-state index is -0.172. The zero-order chi connectivity index (χ0) is 16.9. The molecule has 0 spiro atoms. The van der Waals surface area contributed by atoms with Gasteiger partial charge in [-0.2, -0.15) is 10.4 Å². The lowest BCUT2D eigenvalue weighted by atomic mass is 10.1. The molecule has 0 saturated heterocycles. The number of fused-ring (bicyclic) bond motifs is 1. The Morgan fingerprint density at radius 2 is 2.12 bits per heavy atom. The summed E-state index contributed by atoms with van der Waals surface area (Å²) in [4.78, 5) is 14.6. The van der Waals surface area contributed by atoms with Gasteiger partial charge in [0, 0.05) is 18.5 Å². The number of para-hydroxylation sites is 1. The highest BCUT2D eigenvalue weighted by atomic mass is 16.2. The molecule has 0 unspecified atom stereocenters. The molecule has 3 aromatic rings. The lowest BCUT2D eigenvalue weighted by Gasteiger charge is -2.20. The monoisotopic (exact) mass is 316 g/mol. The van der Waals surface area contributed by atoms with E-state index in [1.807, 2.05) is 36.4 Å². The maximum Gasteiger partial charge on any atom is 0.275 e. The van der Waals surface area contributed by atoms with Gasteiger partial charge in [0.15, 0.2) is 5.69 Å². The summed E-state index contributed by atoms with van der Waals surface area (Å²) in [5.41, 5.74) is 2.68. The summed E-state index contributed by atoms with van der Waals surface area (Å²) < 4.78 is 0. The number of nitrogens with zero attached hydrogens (tertiary/aromatic N) is 3. The van der Waals surface area contributed by atoms with Gasteiger partial charge in [0.05, 0.1) is 17.1 Å². The number of aromatic amines is 1. The van der Waals surface area contributed by atoms with E-state index in [0.29, 0.717) is 24.3 Å². The van der Waals surface area contributed by atoms with E-state index >= 15 is 0 Å². The number of carbonyl (C=O) groups excluding carboxylic acids is 1. The molecule has 0 saturated carbocycles. The van der Waals surface area contributed by atoms with Crippen LogP contribution in [0.5, 0.6) is 0 Å². The fraction of sp³-hybridized carbons (Fsp3) is 0.105. The van der Waals surface area contributed by atoms with Crippen molar-refractivity contribution in [2.75, 3.05) is 6.54 Å². The number of H-pyrrole nitrogens is 1. The van der Waals surface area contributed by atoms with Crippen LogP contribution in [0.2, 0.25) is 0 Å². The summed E-state index contributed by atoms with van der Waals surface area (Å²) in [6, 6.07) is 16.9. The molecule has 0 atom stereocenters. The Morgan fingerprint density at radius 1 is 1.29 bits per heavy atom. The number of hydrogen-bond donors (Lipinski definition) is 1. The van der Waals surface area contributed by atoms with Gasteiger partial charge < -0.3 is 4.90 Å². The van der Waals surface area contributed by atoms with Crippen molar-refractivity contribution in [2.45, 2.75) is 6.54 Å². The third-order valence-electron chi connectivity index (χ3n) is 3.74. The van der Waals surface area contributed by atoms with E-state index in [-0.39, 0.29) is 5.91 Å². The number of benzene rings is 2. The molecule has 0 bridgehead atoms. The number of amides is 1. The van der Waals surface area contributed by atoms with E-state index in [1.165, 1.54) is 0 Å². The van der Waals surface area contributed by atoms with E-state index in [2.05, 4.69) is 22.8 Å². The van der Waals surface area contributed by atoms with Gasteiger partial charge >= 0.3 is 0 Å². The molecule has 5 nitrogen and oxygen atoms in total. The van der Waals surface area contributed by atoms with Gasteiger partial charge in [0.1, 0.15) is 0 Å². The molecular formula is C19H16N4O. The molecule has 1 N–H and O–H groups in total. The van der Waals surface area contributed by atoms with Crippen LogP contribution in [-0.4, -0.2) is 27.5 Å². The van der Waals surface area contributed by atoms with Crippen molar-refractivity contribution >= 4 is 16.8 Å². The first-order valence-corrected chi connectivity index (χ1v) is 7.55. The summed E-state index contributed by atoms with van der Waals surface area (Å²) >= 11 is 0. The lowest BCUT2D eigenvalue weighted by Crippen LogP contribution is -2.31. The van der Waals surface area contributed by atoms with Crippen LogP contribution in [0.25, 0.3) is 10.9 Å². The predicted molar refractivity (Wildman–Crippen MR) is 92.2 cm³/mol. The third kappa shape index (κ3) is 3.03. The molecule has 24 heavy (non-hydrogen) atoms. The smallest absolute Gasteiger partial charge is 0.275 e. The van der Waals surface area contributed by atoms with Crippen LogP contribution in [-0.2, 0) is 6.54 Å². The first-order chi connectivity index (χ1) is 11.7. The lowest BCUT2D eigenvalue weighted by molar-refractivity contribution is 0.0758. The standard InChI is InChI=1S/C19H16N4O/c1-2-10-23(13-15-7-5-6-14(11-15)12-20)19(24)18-16-8-3-4-9-17(16)21-22-18/h2-9,11H,1,10,13H2,(H,21,22). The van der Waals surface area contributed by atoms with Crippen LogP contribution < -0.4 is 0 Å². The van der Waals surface area contributed by atoms with Crippen molar-refractivity contribution in [1.82, 2.24) is 15.1 Å². The van der Waals surface area contributed by atoms with Crippen molar-refractivity contribution in [3.8, 4) is 6.07 Å². The average Bonchev–Trinajstić information content (AvgIpc) is 3.05. The Balaban J connectivity index is 1.91. The molecule has 1 heterocycles. The number of nitriles is 1. The Labute approximate surface area is 139 Å². The Bertz CT molecular complexity index is 936. The molecule has 0 fully saturated rings. The highest BCUT2D eigenvalue weighted by Gasteiger charge is 2.20. The van der Waals surface area contributed by atoms with Gasteiger partial charge in [-0.05, 0) is 23.8 Å². The second-order valence-electron chi connectivity index (χ2n) is 5.40. The summed E-state index contributed by atoms with van der Waals surface area (Å²) in [7, 11) is 0. The van der Waals surface area contributed by atoms with Crippen LogP contribution in [0.3, 0.4) is 0 Å². The number of rotatable bonds is 5. The van der Waals surface area contributed by atoms with Crippen LogP contribution in [0.1, 0.15) is 21.6 Å². The zero-order valence-electron chi connectivity index (χ0n) is 13.1. The van der Waals surface area contributed by atoms with Gasteiger partial charge in [-0.25, -0.2) is 0 Å². The van der Waals surface area contributed by atoms with Crippen LogP contribution >= 0.6 is 0 Å². The molecular weight excluding hydrogens is 300 g/mol. The van der Waals surface area contributed by atoms with E-state index in [9.17, 15) is 4.79 Å². The number of aromatic nitrogens is 2. The van der Waals surface area contributed by atoms with E-state index < -0.39 is 0 Å². The quantitative estimate of drug-likeness (QED) is 0.734. The van der Waals surface area contributed by atoms with Crippen molar-refractivity contribution in [3.63, 3.8) is 0 Å². The van der Waals surface area contributed by atoms with Gasteiger partial charge in [-0.15, -0.1) is 6.58 Å². The van der Waals surface area contributed by atoms with Crippen molar-refractivity contribution < 1.29 is 4.79 Å². The van der Waals surface area contributed by atoms with E-state index in [4.69, 9.17) is 5.26 Å². The van der Waals surface area contributed by atoms with E-state index in [0.717, 1.165) is 16.5 Å². The molecule has 5 heteroatoms. The predicted octanol–water partition coefficient (Wildman–Crippen LogP) is 3.26. The maximum atomic E-state index is 12.9. The molecule has 2 aromatic carbocycles. The third-order valence-corrected chi connectivity index (χ3v) is 3.74. The number of hydrogen-bond acceptors (Lipinski definition) is 3. The first kappa shape index (κ1) is 15.5. The minimum Gasteiger partial charge on any atom is -0.329 e. The number of nitrogens with one attached hydrogen (secondary N) is 1. The normalized spacial score (nSPS) is 10.3. The average molecular weight is 316 g/mol. The summed E-state index contributed by atoms with van der Waals surface area (Å²) in [6.07, 6.45) is 1.68. The number of carbonyl (C=O) groups is 1. The van der Waals surface area contributed by atoms with Crippen molar-refractivity contribution in [3.05, 3.63) is 78.0 Å². The second kappa shape index (κ2) is 6.80. The first-order valence-electron chi connectivity index (χ1n) is 7.55. The van der Waals surface area contributed by atoms with Crippen molar-refractivity contribution in [2.24, 2.45) is 0 Å². The van der Waals surface area contributed by atoms with Crippen LogP contribution in [0.15, 0.2) is 61.2 Å². The topological polar surface area (TPSA) is 72.8 Å². The van der Waals surface area contributed by atoms with Crippen molar-refractivity contribution in [1.29, 1.82) is 5.26 Å². The summed E-state index contributed by atoms with van der Waals surface area (Å²) in [5.74, 6) is -0.172. The van der Waals surface area contributed by atoms with Crippen LogP contribution in [0.4, 0.5) is 0 Å². The zero-order valence-corrected chi connectivity index (χ0v) is 13.1. The largest absolute Gasteiger partial charge is 0.329 e. The molecule has 0 aliphatic heterocycles. The Hall–Kier alpha value is -3.39. The molecule has 0 radical (unpaired) electrons. The Morgan fingerprint density at radius 3 is 2.92 bits per heavy atom. The summed E-state index contributed by atoms with van der Waals surface area (Å²) in [6.45, 7) is 4.52. The highest BCUT2D eigenvalue weighted by molar-refractivity contribution is 6.04. The molecule has 0 aliphatic carbocycles. The van der Waals surface area contributed by atoms with Gasteiger partial charge in [-0.1, -0.05) is 36.4 Å². The Kier molecular flexibility index (Phi) is 4.39. The van der Waals surface area contributed by atoms with Crippen LogP contribution in [0, 0.1) is 11.3 Å². The SMILES string of the molecule is C=CCN(Cc1cccc(C#N)c1)C(=O)c1n[nH]c2ccccc12. The maximum absolute atomic E-state index is 12.9. The molecule has 118 valence electrons. The highest BCUT2D eigenvalue weighted by Crippen LogP contribution is 2.18. The van der Waals surface area contributed by atoms with Gasteiger partial charge in [-0.3, -0.25) is 9.89 Å². The van der Waals surface area contributed by atoms with Gasteiger partial charge in [0.2, 0.25) is 0 Å². The van der Waals surface area contributed by atoms with Gasteiger partial charge in [0.25, 0.3) is 5.91 Å². The second-order valence-corrected chi connectivity index (χ2v) is 5.40. The molecule has 0 aliphatic rings. The fourth-order valence-corrected chi connectivity index (χ4v) is 2.61. The fourth-order valence-electron chi connectivity index (χ4n) is 2.61. The van der Waals surface area contributed by atoms with E-state index in [1.54, 1.807) is 23.1 Å². The minimum absolute atomic E-state index is 0.172.